The highest BCUT2D eigenvalue weighted by Gasteiger charge is 2.23. The molecule has 0 heterocycles. The van der Waals surface area contributed by atoms with Crippen LogP contribution in [-0.4, -0.2) is 58.5 Å². The first-order valence-electron chi connectivity index (χ1n) is 5.87. The summed E-state index contributed by atoms with van der Waals surface area (Å²) in [5.41, 5.74) is 0. The third-order valence-corrected chi connectivity index (χ3v) is 2.32. The Bertz CT molecular complexity index is 426. The maximum atomic E-state index is 11.4. The predicted octanol–water partition coefficient (Wildman–Crippen LogP) is -1.15. The number of hydrogen-bond donors (Lipinski definition) is 0. The van der Waals surface area contributed by atoms with Crippen LogP contribution in [0, 0.1) is 0 Å². The molecule has 0 rings (SSSR count). The van der Waals surface area contributed by atoms with E-state index < -0.39 is 48.7 Å². The van der Waals surface area contributed by atoms with E-state index in [2.05, 4.69) is 4.74 Å². The second-order valence-electron chi connectivity index (χ2n) is 4.09. The van der Waals surface area contributed by atoms with Crippen LogP contribution in [-0.2, 0) is 33.5 Å². The number of imide groups is 2. The number of rotatable bonds is 4. The maximum absolute atomic E-state index is 11.4. The van der Waals surface area contributed by atoms with E-state index in [-0.39, 0.29) is 0 Å². The predicted molar refractivity (Wildman–Crippen MR) is 67.2 cm³/mol. The minimum Gasteiger partial charge on any atom is -0.390 e. The van der Waals surface area contributed by atoms with Crippen molar-refractivity contribution in [1.29, 1.82) is 0 Å². The van der Waals surface area contributed by atoms with E-state index in [4.69, 9.17) is 0 Å². The molecule has 0 aromatic carbocycles. The summed E-state index contributed by atoms with van der Waals surface area (Å²) >= 11 is 0. The standard InChI is InChI=1S/C12H16N2O7/c1-7(15)13(8(2)16)5-11(19)21-12(20)6-14(9(3)17)10(4)18/h5-6H2,1-4H3. The van der Waals surface area contributed by atoms with Crippen LogP contribution in [0.3, 0.4) is 0 Å². The van der Waals surface area contributed by atoms with Gasteiger partial charge in [0.25, 0.3) is 0 Å². The lowest BCUT2D eigenvalue weighted by atomic mass is 10.4. The number of nitrogens with zero attached hydrogens (tertiary/aromatic N) is 2. The minimum atomic E-state index is -1.14. The summed E-state index contributed by atoms with van der Waals surface area (Å²) in [6.07, 6.45) is 0. The minimum absolute atomic E-state index is 0.587. The van der Waals surface area contributed by atoms with E-state index in [1.165, 1.54) is 0 Å². The van der Waals surface area contributed by atoms with Crippen molar-refractivity contribution in [3.8, 4) is 0 Å². The van der Waals surface area contributed by atoms with Crippen LogP contribution in [0.15, 0.2) is 0 Å². The van der Waals surface area contributed by atoms with Crippen LogP contribution in [0.4, 0.5) is 0 Å². The number of esters is 2. The second-order valence-corrected chi connectivity index (χ2v) is 4.09. The zero-order valence-electron chi connectivity index (χ0n) is 12.2. The molecule has 0 unspecified atom stereocenters. The second kappa shape index (κ2) is 7.88. The zero-order valence-corrected chi connectivity index (χ0v) is 12.2. The molecule has 0 N–H and O–H groups in total. The summed E-state index contributed by atoms with van der Waals surface area (Å²) < 4.78 is 4.34. The van der Waals surface area contributed by atoms with Crippen molar-refractivity contribution >= 4 is 35.6 Å². The van der Waals surface area contributed by atoms with Crippen LogP contribution in [0.2, 0.25) is 0 Å². The van der Waals surface area contributed by atoms with Crippen molar-refractivity contribution in [3.63, 3.8) is 0 Å². The average Bonchev–Trinajstić information content (AvgIpc) is 2.31. The van der Waals surface area contributed by atoms with Crippen molar-refractivity contribution in [2.75, 3.05) is 13.1 Å². The Kier molecular flexibility index (Phi) is 6.91. The SMILES string of the molecule is CC(=O)N(CC(=O)OC(=O)CN(C(C)=O)C(C)=O)C(C)=O. The molecule has 0 aliphatic heterocycles. The Hall–Kier alpha value is -2.58. The van der Waals surface area contributed by atoms with Crippen molar-refractivity contribution in [1.82, 2.24) is 9.80 Å². The quantitative estimate of drug-likeness (QED) is 0.475. The molecule has 0 aromatic rings. The summed E-state index contributed by atoms with van der Waals surface area (Å²) in [5.74, 6) is -5.00. The molecule has 0 aliphatic carbocycles. The molecule has 0 fully saturated rings. The van der Waals surface area contributed by atoms with E-state index in [9.17, 15) is 28.8 Å². The molecular formula is C12H16N2O7. The van der Waals surface area contributed by atoms with Gasteiger partial charge in [0.05, 0.1) is 0 Å². The summed E-state index contributed by atoms with van der Waals surface area (Å²) in [5, 5.41) is 0. The van der Waals surface area contributed by atoms with Crippen LogP contribution in [0.25, 0.3) is 0 Å². The van der Waals surface area contributed by atoms with Crippen molar-refractivity contribution in [2.45, 2.75) is 27.7 Å². The molecule has 0 saturated heterocycles. The van der Waals surface area contributed by atoms with Gasteiger partial charge in [0.1, 0.15) is 13.1 Å². The van der Waals surface area contributed by atoms with E-state index in [0.29, 0.717) is 9.80 Å². The fourth-order valence-electron chi connectivity index (χ4n) is 1.34. The van der Waals surface area contributed by atoms with Crippen LogP contribution in [0.1, 0.15) is 27.7 Å². The van der Waals surface area contributed by atoms with Gasteiger partial charge in [-0.3, -0.25) is 29.0 Å². The molecule has 21 heavy (non-hydrogen) atoms. The van der Waals surface area contributed by atoms with E-state index in [1.54, 1.807) is 0 Å². The molecule has 4 amide bonds. The first-order chi connectivity index (χ1) is 9.56. The number of ether oxygens (including phenoxy) is 1. The molecule has 0 atom stereocenters. The number of hydrogen-bond acceptors (Lipinski definition) is 7. The van der Waals surface area contributed by atoms with Gasteiger partial charge in [0.2, 0.25) is 23.6 Å². The van der Waals surface area contributed by atoms with E-state index in [0.717, 1.165) is 27.7 Å². The summed E-state index contributed by atoms with van der Waals surface area (Å²) in [6, 6.07) is 0. The Morgan fingerprint density at radius 3 is 1.05 bits per heavy atom. The molecule has 9 nitrogen and oxygen atoms in total. The lowest BCUT2D eigenvalue weighted by Crippen LogP contribution is -2.41. The van der Waals surface area contributed by atoms with E-state index in [1.807, 2.05) is 0 Å². The first kappa shape index (κ1) is 18.4. The third kappa shape index (κ3) is 6.41. The monoisotopic (exact) mass is 300 g/mol. The summed E-state index contributed by atoms with van der Waals surface area (Å²) in [7, 11) is 0. The highest BCUT2D eigenvalue weighted by molar-refractivity contribution is 6.00. The smallest absolute Gasteiger partial charge is 0.333 e. The Labute approximate surface area is 120 Å². The van der Waals surface area contributed by atoms with Gasteiger partial charge in [-0.2, -0.15) is 0 Å². The zero-order chi connectivity index (χ0) is 16.7. The lowest BCUT2D eigenvalue weighted by Gasteiger charge is -2.17. The fraction of sp³-hybridized carbons (Fsp3) is 0.500. The first-order valence-corrected chi connectivity index (χ1v) is 5.87. The van der Waals surface area contributed by atoms with Gasteiger partial charge in [-0.1, -0.05) is 0 Å². The number of carbonyl (C=O) groups is 6. The maximum Gasteiger partial charge on any atom is 0.333 e. The van der Waals surface area contributed by atoms with Gasteiger partial charge in [0, 0.05) is 27.7 Å². The Morgan fingerprint density at radius 1 is 0.619 bits per heavy atom. The van der Waals surface area contributed by atoms with Gasteiger partial charge >= 0.3 is 11.9 Å². The highest BCUT2D eigenvalue weighted by atomic mass is 16.6. The molecule has 0 saturated carbocycles. The molecular weight excluding hydrogens is 284 g/mol. The Morgan fingerprint density at radius 2 is 0.857 bits per heavy atom. The van der Waals surface area contributed by atoms with Gasteiger partial charge in [-0.05, 0) is 0 Å². The topological polar surface area (TPSA) is 118 Å². The largest absolute Gasteiger partial charge is 0.390 e. The van der Waals surface area contributed by atoms with Gasteiger partial charge in [0.15, 0.2) is 0 Å². The molecule has 0 aromatic heterocycles. The van der Waals surface area contributed by atoms with Crippen molar-refractivity contribution in [2.24, 2.45) is 0 Å². The van der Waals surface area contributed by atoms with Gasteiger partial charge in [-0.25, -0.2) is 9.59 Å². The van der Waals surface area contributed by atoms with Crippen LogP contribution >= 0.6 is 0 Å². The number of carbonyl (C=O) groups excluding carboxylic acids is 6. The van der Waals surface area contributed by atoms with Crippen LogP contribution in [0.5, 0.6) is 0 Å². The molecule has 9 heteroatoms. The molecule has 0 spiro atoms. The normalized spacial score (nSPS) is 9.52. The molecule has 116 valence electrons. The molecule has 0 bridgehead atoms. The summed E-state index contributed by atoms with van der Waals surface area (Å²) in [4.78, 5) is 68.3. The van der Waals surface area contributed by atoms with Gasteiger partial charge in [-0.15, -0.1) is 0 Å². The molecule has 0 aliphatic rings. The third-order valence-electron chi connectivity index (χ3n) is 2.32. The highest BCUT2D eigenvalue weighted by Crippen LogP contribution is 1.96. The average molecular weight is 300 g/mol. The van der Waals surface area contributed by atoms with Crippen molar-refractivity contribution < 1.29 is 33.5 Å². The van der Waals surface area contributed by atoms with Crippen LogP contribution < -0.4 is 0 Å². The summed E-state index contributed by atoms with van der Waals surface area (Å²) in [6.45, 7) is 2.84. The van der Waals surface area contributed by atoms with E-state index >= 15 is 0 Å². The van der Waals surface area contributed by atoms with Gasteiger partial charge < -0.3 is 4.74 Å². The fourth-order valence-corrected chi connectivity index (χ4v) is 1.34. The Balaban J connectivity index is 4.61. The molecule has 0 radical (unpaired) electrons. The number of amides is 4. The van der Waals surface area contributed by atoms with Crippen molar-refractivity contribution in [3.05, 3.63) is 0 Å². The lowest BCUT2D eigenvalue weighted by molar-refractivity contribution is -0.166.